The summed E-state index contributed by atoms with van der Waals surface area (Å²) in [6, 6.07) is 16.8. The van der Waals surface area contributed by atoms with E-state index in [-0.39, 0.29) is 11.5 Å². The lowest BCUT2D eigenvalue weighted by Crippen LogP contribution is -2.36. The average molecular weight is 326 g/mol. The molecule has 2 heterocycles. The molecule has 0 spiro atoms. The highest BCUT2D eigenvalue weighted by atomic mass is 35.5. The molecule has 1 saturated heterocycles. The van der Waals surface area contributed by atoms with E-state index in [1.54, 1.807) is 0 Å². The number of benzene rings is 2. The number of nitrogens with zero attached hydrogens (tertiary/aromatic N) is 1. The van der Waals surface area contributed by atoms with Gasteiger partial charge in [0.05, 0.1) is 11.7 Å². The summed E-state index contributed by atoms with van der Waals surface area (Å²) in [4.78, 5) is 6.29. The molecule has 0 radical (unpaired) electrons. The van der Waals surface area contributed by atoms with Crippen LogP contribution in [0.4, 0.5) is 5.69 Å². The van der Waals surface area contributed by atoms with Crippen LogP contribution < -0.4 is 5.06 Å². The Hall–Kier alpha value is -1.77. The molecule has 0 N–H and O–H groups in total. The number of hydrogen-bond acceptors (Lipinski definition) is 2. The summed E-state index contributed by atoms with van der Waals surface area (Å²) in [5.74, 6) is 0. The Balaban J connectivity index is 1.62. The molecule has 0 aromatic heterocycles. The largest absolute Gasteiger partial charge is 0.265 e. The third-order valence-corrected chi connectivity index (χ3v) is 5.44. The van der Waals surface area contributed by atoms with Gasteiger partial charge in [-0.05, 0) is 29.7 Å². The molecule has 2 aromatic rings. The van der Waals surface area contributed by atoms with Gasteiger partial charge in [0.25, 0.3) is 0 Å². The normalized spacial score (nSPS) is 24.9. The summed E-state index contributed by atoms with van der Waals surface area (Å²) >= 11 is 6.24. The zero-order valence-corrected chi connectivity index (χ0v) is 14.1. The quantitative estimate of drug-likeness (QED) is 0.759. The lowest BCUT2D eigenvalue weighted by Gasteiger charge is -2.26. The van der Waals surface area contributed by atoms with Gasteiger partial charge in [-0.25, -0.2) is 5.06 Å². The molecule has 2 aliphatic rings. The molecule has 3 heteroatoms. The van der Waals surface area contributed by atoms with Crippen molar-refractivity contribution in [3.05, 3.63) is 70.8 Å². The van der Waals surface area contributed by atoms with Crippen molar-refractivity contribution >= 4 is 23.4 Å². The molecule has 0 aliphatic carbocycles. The van der Waals surface area contributed by atoms with Crippen LogP contribution in [0.25, 0.3) is 6.08 Å². The molecule has 4 rings (SSSR count). The first kappa shape index (κ1) is 14.8. The highest BCUT2D eigenvalue weighted by Gasteiger charge is 2.52. The van der Waals surface area contributed by atoms with Gasteiger partial charge in [-0.3, -0.25) is 4.84 Å². The van der Waals surface area contributed by atoms with E-state index in [9.17, 15) is 0 Å². The maximum atomic E-state index is 6.29. The van der Waals surface area contributed by atoms with Gasteiger partial charge in [0.1, 0.15) is 6.10 Å². The number of fused-ring (bicyclic) bond motifs is 3. The first-order valence-electron chi connectivity index (χ1n) is 8.04. The van der Waals surface area contributed by atoms with Crippen molar-refractivity contribution in [1.82, 2.24) is 0 Å². The third-order valence-electron chi connectivity index (χ3n) is 5.10. The van der Waals surface area contributed by atoms with Crippen molar-refractivity contribution in [3.8, 4) is 0 Å². The molecule has 2 atom stereocenters. The molecule has 2 aliphatic heterocycles. The summed E-state index contributed by atoms with van der Waals surface area (Å²) < 4.78 is 0. The van der Waals surface area contributed by atoms with Gasteiger partial charge in [-0.15, -0.1) is 0 Å². The molecular weight excluding hydrogens is 306 g/mol. The predicted octanol–water partition coefficient (Wildman–Crippen LogP) is 5.12. The van der Waals surface area contributed by atoms with Crippen LogP contribution >= 0.6 is 11.6 Å². The van der Waals surface area contributed by atoms with Crippen molar-refractivity contribution in [1.29, 1.82) is 0 Å². The van der Waals surface area contributed by atoms with Crippen molar-refractivity contribution < 1.29 is 4.84 Å². The number of halogens is 1. The minimum Gasteiger partial charge on any atom is -0.265 e. The molecule has 2 unspecified atom stereocenters. The van der Waals surface area contributed by atoms with Crippen LogP contribution in [0.3, 0.4) is 0 Å². The third kappa shape index (κ3) is 2.37. The number of para-hydroxylation sites is 1. The molecule has 0 bridgehead atoms. The van der Waals surface area contributed by atoms with Gasteiger partial charge in [0.2, 0.25) is 0 Å². The fourth-order valence-electron chi connectivity index (χ4n) is 3.59. The summed E-state index contributed by atoms with van der Waals surface area (Å²) in [5.41, 5.74) is 3.65. The van der Waals surface area contributed by atoms with E-state index in [2.05, 4.69) is 55.3 Å². The van der Waals surface area contributed by atoms with Crippen LogP contribution in [-0.2, 0) is 11.3 Å². The van der Waals surface area contributed by atoms with E-state index < -0.39 is 0 Å². The van der Waals surface area contributed by atoms with Crippen LogP contribution in [0.15, 0.2) is 54.6 Å². The van der Waals surface area contributed by atoms with Crippen LogP contribution in [0, 0.1) is 5.41 Å². The molecule has 23 heavy (non-hydrogen) atoms. The van der Waals surface area contributed by atoms with Gasteiger partial charge in [0, 0.05) is 10.4 Å². The Bertz CT molecular complexity index is 768. The van der Waals surface area contributed by atoms with E-state index in [1.807, 2.05) is 24.3 Å². The molecule has 0 amide bonds. The second-order valence-corrected chi connectivity index (χ2v) is 7.31. The fraction of sp³-hybridized carbons (Fsp3) is 0.300. The Morgan fingerprint density at radius 3 is 2.70 bits per heavy atom. The molecule has 0 saturated carbocycles. The minimum atomic E-state index is 0.0385. The van der Waals surface area contributed by atoms with E-state index in [1.165, 1.54) is 11.3 Å². The Morgan fingerprint density at radius 2 is 1.87 bits per heavy atom. The Kier molecular flexibility index (Phi) is 3.47. The molecular formula is C20H20ClNO. The first-order valence-corrected chi connectivity index (χ1v) is 8.42. The summed E-state index contributed by atoms with van der Waals surface area (Å²) in [5, 5.41) is 2.88. The van der Waals surface area contributed by atoms with E-state index in [4.69, 9.17) is 16.4 Å². The molecule has 118 valence electrons. The standard InChI is InChI=1S/C20H20ClNO/c1-20(2)18-13-15-8-4-6-10-17(15)22(18)23-19(20)12-11-14-7-3-5-9-16(14)21/h3-12,18-19H,13H2,1-2H3. The Morgan fingerprint density at radius 1 is 1.13 bits per heavy atom. The fourth-order valence-corrected chi connectivity index (χ4v) is 3.78. The van der Waals surface area contributed by atoms with Gasteiger partial charge in [-0.1, -0.05) is 74.0 Å². The summed E-state index contributed by atoms with van der Waals surface area (Å²) in [6.45, 7) is 4.57. The van der Waals surface area contributed by atoms with E-state index >= 15 is 0 Å². The highest BCUT2D eigenvalue weighted by molar-refractivity contribution is 6.32. The zero-order chi connectivity index (χ0) is 16.0. The van der Waals surface area contributed by atoms with Crippen LogP contribution in [0.1, 0.15) is 25.0 Å². The molecule has 1 fully saturated rings. The lowest BCUT2D eigenvalue weighted by atomic mass is 9.78. The average Bonchev–Trinajstić information content (AvgIpc) is 3.02. The van der Waals surface area contributed by atoms with Crippen molar-refractivity contribution in [3.63, 3.8) is 0 Å². The van der Waals surface area contributed by atoms with Crippen LogP contribution in [0.5, 0.6) is 0 Å². The molecule has 2 nitrogen and oxygen atoms in total. The zero-order valence-electron chi connectivity index (χ0n) is 13.4. The lowest BCUT2D eigenvalue weighted by molar-refractivity contribution is 0.0849. The number of hydroxylamine groups is 1. The maximum Gasteiger partial charge on any atom is 0.111 e. The highest BCUT2D eigenvalue weighted by Crippen LogP contribution is 2.48. The monoisotopic (exact) mass is 325 g/mol. The smallest absolute Gasteiger partial charge is 0.111 e. The van der Waals surface area contributed by atoms with Crippen molar-refractivity contribution in [2.24, 2.45) is 5.41 Å². The minimum absolute atomic E-state index is 0.0385. The van der Waals surface area contributed by atoms with E-state index in [0.717, 1.165) is 17.0 Å². The first-order chi connectivity index (χ1) is 11.1. The van der Waals surface area contributed by atoms with Crippen molar-refractivity contribution in [2.45, 2.75) is 32.4 Å². The van der Waals surface area contributed by atoms with Gasteiger partial charge in [-0.2, -0.15) is 0 Å². The topological polar surface area (TPSA) is 12.5 Å². The van der Waals surface area contributed by atoms with E-state index in [0.29, 0.717) is 6.04 Å². The number of hydrogen-bond donors (Lipinski definition) is 0. The SMILES string of the molecule is CC1(C)C(C=Cc2ccccc2Cl)ON2c3ccccc3CC21. The van der Waals surface area contributed by atoms with Crippen molar-refractivity contribution in [2.75, 3.05) is 5.06 Å². The second-order valence-electron chi connectivity index (χ2n) is 6.90. The van der Waals surface area contributed by atoms with Gasteiger partial charge < -0.3 is 0 Å². The maximum absolute atomic E-state index is 6.29. The molecule has 2 aromatic carbocycles. The predicted molar refractivity (Wildman–Crippen MR) is 95.6 cm³/mol. The number of anilines is 1. The van der Waals surface area contributed by atoms with Crippen LogP contribution in [0.2, 0.25) is 5.02 Å². The number of rotatable bonds is 2. The van der Waals surface area contributed by atoms with Gasteiger partial charge >= 0.3 is 0 Å². The van der Waals surface area contributed by atoms with Gasteiger partial charge in [0.15, 0.2) is 0 Å². The Labute approximate surface area is 142 Å². The van der Waals surface area contributed by atoms with Crippen LogP contribution in [-0.4, -0.2) is 12.1 Å². The summed E-state index contributed by atoms with van der Waals surface area (Å²) in [6.07, 6.45) is 5.29. The summed E-state index contributed by atoms with van der Waals surface area (Å²) in [7, 11) is 0. The second kappa shape index (κ2) is 5.40.